The summed E-state index contributed by atoms with van der Waals surface area (Å²) in [5.74, 6) is 4.17. The van der Waals surface area contributed by atoms with E-state index in [4.69, 9.17) is 9.15 Å². The number of rotatable bonds is 5. The molecule has 0 aliphatic carbocycles. The van der Waals surface area contributed by atoms with Gasteiger partial charge in [0.25, 0.3) is 0 Å². The van der Waals surface area contributed by atoms with Gasteiger partial charge in [-0.1, -0.05) is 18.2 Å². The number of ether oxygens (including phenoxy) is 1. The number of para-hydroxylation sites is 1. The van der Waals surface area contributed by atoms with Gasteiger partial charge in [0.2, 0.25) is 5.89 Å². The van der Waals surface area contributed by atoms with Crippen molar-refractivity contribution in [3.8, 4) is 5.75 Å². The van der Waals surface area contributed by atoms with Crippen LogP contribution in [0.25, 0.3) is 0 Å². The van der Waals surface area contributed by atoms with Gasteiger partial charge in [0, 0.05) is 24.7 Å². The molecule has 134 valence electrons. The lowest BCUT2D eigenvalue weighted by molar-refractivity contribution is 0.403. The number of methoxy groups -OCH3 is 1. The van der Waals surface area contributed by atoms with Crippen LogP contribution in [0.1, 0.15) is 41.9 Å². The van der Waals surface area contributed by atoms with Crippen molar-refractivity contribution in [3.63, 3.8) is 0 Å². The first-order valence-electron chi connectivity index (χ1n) is 8.87. The van der Waals surface area contributed by atoms with Crippen molar-refractivity contribution in [2.24, 2.45) is 0 Å². The van der Waals surface area contributed by atoms with Gasteiger partial charge in [0.15, 0.2) is 0 Å². The third-order valence-electron chi connectivity index (χ3n) is 4.72. The number of anilines is 1. The summed E-state index contributed by atoms with van der Waals surface area (Å²) in [4.78, 5) is 15.6. The molecule has 3 heterocycles. The number of benzene rings is 1. The van der Waals surface area contributed by atoms with Crippen molar-refractivity contribution >= 4 is 5.82 Å². The molecule has 0 amide bonds. The number of aryl methyl sites for hydroxylation is 1. The molecule has 3 aromatic rings. The molecule has 0 unspecified atom stereocenters. The van der Waals surface area contributed by atoms with E-state index < -0.39 is 0 Å². The highest BCUT2D eigenvalue weighted by Crippen LogP contribution is 2.35. The van der Waals surface area contributed by atoms with Crippen molar-refractivity contribution in [1.82, 2.24) is 15.0 Å². The molecule has 0 bridgehead atoms. The molecule has 0 saturated carbocycles. The third kappa shape index (κ3) is 3.27. The first-order valence-corrected chi connectivity index (χ1v) is 8.87. The van der Waals surface area contributed by atoms with Crippen LogP contribution in [0.15, 0.2) is 47.1 Å². The van der Waals surface area contributed by atoms with Crippen LogP contribution >= 0.6 is 0 Å². The van der Waals surface area contributed by atoms with E-state index in [-0.39, 0.29) is 6.04 Å². The summed E-state index contributed by atoms with van der Waals surface area (Å²) < 4.78 is 11.5. The maximum atomic E-state index is 6.10. The van der Waals surface area contributed by atoms with Crippen LogP contribution in [-0.4, -0.2) is 28.6 Å². The number of oxazole rings is 1. The Hall–Kier alpha value is -2.89. The Labute approximate surface area is 152 Å². The van der Waals surface area contributed by atoms with Gasteiger partial charge in [-0.3, -0.25) is 0 Å². The van der Waals surface area contributed by atoms with Crippen molar-refractivity contribution in [2.45, 2.75) is 32.2 Å². The second-order valence-corrected chi connectivity index (χ2v) is 6.47. The van der Waals surface area contributed by atoms with E-state index in [0.29, 0.717) is 6.42 Å². The molecule has 6 nitrogen and oxygen atoms in total. The van der Waals surface area contributed by atoms with Crippen LogP contribution in [0.4, 0.5) is 5.82 Å². The van der Waals surface area contributed by atoms with Gasteiger partial charge in [-0.15, -0.1) is 0 Å². The molecule has 1 fully saturated rings. The lowest BCUT2D eigenvalue weighted by atomic mass is 10.1. The fourth-order valence-electron chi connectivity index (χ4n) is 3.50. The fourth-order valence-corrected chi connectivity index (χ4v) is 3.50. The zero-order chi connectivity index (χ0) is 17.9. The highest BCUT2D eigenvalue weighted by Gasteiger charge is 2.31. The summed E-state index contributed by atoms with van der Waals surface area (Å²) in [6.45, 7) is 2.86. The van der Waals surface area contributed by atoms with Gasteiger partial charge in [0.05, 0.1) is 13.3 Å². The zero-order valence-corrected chi connectivity index (χ0v) is 15.1. The summed E-state index contributed by atoms with van der Waals surface area (Å²) in [6, 6.07) is 10.1. The van der Waals surface area contributed by atoms with Crippen molar-refractivity contribution in [2.75, 3.05) is 18.6 Å². The Morgan fingerprint density at radius 2 is 2.12 bits per heavy atom. The van der Waals surface area contributed by atoms with Crippen LogP contribution < -0.4 is 9.64 Å². The minimum Gasteiger partial charge on any atom is -0.496 e. The second-order valence-electron chi connectivity index (χ2n) is 6.47. The number of aromatic nitrogens is 3. The van der Waals surface area contributed by atoms with E-state index in [9.17, 15) is 0 Å². The van der Waals surface area contributed by atoms with Gasteiger partial charge < -0.3 is 14.1 Å². The van der Waals surface area contributed by atoms with Gasteiger partial charge in [-0.05, 0) is 31.9 Å². The minimum atomic E-state index is 0.121. The molecule has 1 aromatic carbocycles. The van der Waals surface area contributed by atoms with Gasteiger partial charge >= 0.3 is 0 Å². The molecule has 26 heavy (non-hydrogen) atoms. The van der Waals surface area contributed by atoms with E-state index >= 15 is 0 Å². The van der Waals surface area contributed by atoms with Crippen molar-refractivity contribution in [1.29, 1.82) is 0 Å². The fraction of sp³-hybridized carbons (Fsp3) is 0.350. The predicted octanol–water partition coefficient (Wildman–Crippen LogP) is 3.71. The molecule has 0 radical (unpaired) electrons. The molecule has 1 saturated heterocycles. The van der Waals surface area contributed by atoms with E-state index in [1.807, 2.05) is 43.5 Å². The summed E-state index contributed by atoms with van der Waals surface area (Å²) in [7, 11) is 1.69. The SMILES string of the molecule is COc1ccccc1Cc1cnc([C@@H]2CCCN2c2ccnc(C)n2)o1. The van der Waals surface area contributed by atoms with E-state index in [2.05, 4.69) is 19.9 Å². The Kier molecular flexibility index (Phi) is 4.56. The zero-order valence-electron chi connectivity index (χ0n) is 15.1. The molecule has 2 aromatic heterocycles. The molecule has 1 aliphatic heterocycles. The van der Waals surface area contributed by atoms with Crippen molar-refractivity contribution < 1.29 is 9.15 Å². The minimum absolute atomic E-state index is 0.121. The average Bonchev–Trinajstić information content (AvgIpc) is 3.31. The topological polar surface area (TPSA) is 64.3 Å². The summed E-state index contributed by atoms with van der Waals surface area (Å²) in [5.41, 5.74) is 1.09. The third-order valence-corrected chi connectivity index (χ3v) is 4.72. The Bertz CT molecular complexity index is 893. The van der Waals surface area contributed by atoms with E-state index in [1.165, 1.54) is 0 Å². The normalized spacial score (nSPS) is 16.8. The Morgan fingerprint density at radius 1 is 1.23 bits per heavy atom. The predicted molar refractivity (Wildman–Crippen MR) is 98.4 cm³/mol. The standard InChI is InChI=1S/C20H22N4O2/c1-14-21-10-9-19(23-14)24-11-5-7-17(24)20-22-13-16(26-20)12-15-6-3-4-8-18(15)25-2/h3-4,6,8-10,13,17H,5,7,11-12H2,1-2H3/t17-/m0/s1. The highest BCUT2D eigenvalue weighted by molar-refractivity contribution is 5.41. The van der Waals surface area contributed by atoms with Crippen LogP contribution in [0.5, 0.6) is 5.75 Å². The first-order chi connectivity index (χ1) is 12.7. The quantitative estimate of drug-likeness (QED) is 0.699. The van der Waals surface area contributed by atoms with Crippen molar-refractivity contribution in [3.05, 3.63) is 65.8 Å². The van der Waals surface area contributed by atoms with Crippen LogP contribution in [0, 0.1) is 6.92 Å². The lowest BCUT2D eigenvalue weighted by Crippen LogP contribution is -2.24. The molecule has 0 spiro atoms. The van der Waals surface area contributed by atoms with Crippen LogP contribution in [-0.2, 0) is 6.42 Å². The summed E-state index contributed by atoms with van der Waals surface area (Å²) in [5, 5.41) is 0. The molecular weight excluding hydrogens is 328 g/mol. The lowest BCUT2D eigenvalue weighted by Gasteiger charge is -2.23. The van der Waals surface area contributed by atoms with Gasteiger partial charge in [-0.25, -0.2) is 15.0 Å². The number of hydrogen-bond donors (Lipinski definition) is 0. The average molecular weight is 350 g/mol. The molecule has 1 aliphatic rings. The molecule has 1 atom stereocenters. The summed E-state index contributed by atoms with van der Waals surface area (Å²) in [6.07, 6.45) is 6.39. The highest BCUT2D eigenvalue weighted by atomic mass is 16.5. The molecule has 0 N–H and O–H groups in total. The smallest absolute Gasteiger partial charge is 0.217 e. The first kappa shape index (κ1) is 16.6. The maximum absolute atomic E-state index is 6.10. The number of nitrogens with zero attached hydrogens (tertiary/aromatic N) is 4. The van der Waals surface area contributed by atoms with Gasteiger partial charge in [0.1, 0.15) is 29.2 Å². The maximum Gasteiger partial charge on any atom is 0.217 e. The Balaban J connectivity index is 1.55. The molecule has 4 rings (SSSR count). The molecule has 6 heteroatoms. The van der Waals surface area contributed by atoms with Gasteiger partial charge in [-0.2, -0.15) is 0 Å². The largest absolute Gasteiger partial charge is 0.496 e. The Morgan fingerprint density at radius 3 is 2.96 bits per heavy atom. The number of hydrogen-bond acceptors (Lipinski definition) is 6. The molecular formula is C20H22N4O2. The van der Waals surface area contributed by atoms with E-state index in [0.717, 1.165) is 54.0 Å². The monoisotopic (exact) mass is 350 g/mol. The second kappa shape index (κ2) is 7.15. The van der Waals surface area contributed by atoms with Crippen LogP contribution in [0.2, 0.25) is 0 Å². The van der Waals surface area contributed by atoms with E-state index in [1.54, 1.807) is 13.3 Å². The summed E-state index contributed by atoms with van der Waals surface area (Å²) >= 11 is 0. The van der Waals surface area contributed by atoms with Crippen LogP contribution in [0.3, 0.4) is 0 Å².